The quantitative estimate of drug-likeness (QED) is 0.587. The zero-order valence-corrected chi connectivity index (χ0v) is 16.2. The van der Waals surface area contributed by atoms with E-state index in [-0.39, 0.29) is 23.0 Å². The van der Waals surface area contributed by atoms with E-state index in [0.29, 0.717) is 25.2 Å². The summed E-state index contributed by atoms with van der Waals surface area (Å²) in [4.78, 5) is 42.8. The van der Waals surface area contributed by atoms with Crippen molar-refractivity contribution in [3.8, 4) is 0 Å². The molecule has 0 saturated carbocycles. The number of amides is 3. The van der Waals surface area contributed by atoms with Gasteiger partial charge in [0.2, 0.25) is 12.4 Å². The van der Waals surface area contributed by atoms with Crippen LogP contribution in [0.15, 0.2) is 36.4 Å². The van der Waals surface area contributed by atoms with Gasteiger partial charge in [0, 0.05) is 12.2 Å². The predicted octanol–water partition coefficient (Wildman–Crippen LogP) is 1.95. The number of imide groups is 1. The lowest BCUT2D eigenvalue weighted by molar-refractivity contribution is -0.130. The molecule has 1 aliphatic heterocycles. The molecule has 1 saturated heterocycles. The fourth-order valence-corrected chi connectivity index (χ4v) is 3.12. The van der Waals surface area contributed by atoms with Gasteiger partial charge in [-0.1, -0.05) is 17.7 Å². The standard InChI is InChI=1S/C19H18ClFN4O4/c1-24-7-8-29-10-16(24)19(28)25(11-26)15-6-5-12(9-13(15)20)22-18(27)14-3-2-4-17(21)23-14/h2-6,9,11,16H,7-8,10H2,1H3,(H,22,27). The molecule has 1 aromatic heterocycles. The Labute approximate surface area is 171 Å². The van der Waals surface area contributed by atoms with E-state index in [9.17, 15) is 18.8 Å². The summed E-state index contributed by atoms with van der Waals surface area (Å²) in [7, 11) is 1.77. The number of ether oxygens (including phenoxy) is 1. The van der Waals surface area contributed by atoms with Gasteiger partial charge < -0.3 is 10.1 Å². The van der Waals surface area contributed by atoms with Gasteiger partial charge in [-0.05, 0) is 37.4 Å². The Hall–Kier alpha value is -2.88. The molecular formula is C19H18ClFN4O4. The molecule has 3 amide bonds. The Bertz CT molecular complexity index is 942. The predicted molar refractivity (Wildman–Crippen MR) is 104 cm³/mol. The summed E-state index contributed by atoms with van der Waals surface area (Å²) < 4.78 is 18.5. The van der Waals surface area contributed by atoms with E-state index in [1.807, 2.05) is 0 Å². The highest BCUT2D eigenvalue weighted by molar-refractivity contribution is 6.35. The first-order chi connectivity index (χ1) is 13.9. The lowest BCUT2D eigenvalue weighted by Crippen LogP contribution is -2.53. The van der Waals surface area contributed by atoms with Crippen molar-refractivity contribution in [2.45, 2.75) is 6.04 Å². The summed E-state index contributed by atoms with van der Waals surface area (Å²) in [5.74, 6) is -1.87. The summed E-state index contributed by atoms with van der Waals surface area (Å²) >= 11 is 6.25. The number of anilines is 2. The van der Waals surface area contributed by atoms with Crippen molar-refractivity contribution in [2.75, 3.05) is 37.0 Å². The Morgan fingerprint density at radius 2 is 2.17 bits per heavy atom. The first-order valence-corrected chi connectivity index (χ1v) is 9.08. The Balaban J connectivity index is 1.78. The van der Waals surface area contributed by atoms with Gasteiger partial charge >= 0.3 is 0 Å². The normalized spacial score (nSPS) is 16.9. The van der Waals surface area contributed by atoms with E-state index in [1.165, 1.54) is 30.3 Å². The number of rotatable bonds is 5. The van der Waals surface area contributed by atoms with Crippen molar-refractivity contribution in [1.29, 1.82) is 0 Å². The third-order valence-corrected chi connectivity index (χ3v) is 4.74. The minimum absolute atomic E-state index is 0.0785. The number of aromatic nitrogens is 1. The smallest absolute Gasteiger partial charge is 0.274 e. The molecule has 0 bridgehead atoms. The fourth-order valence-electron chi connectivity index (χ4n) is 2.84. The topological polar surface area (TPSA) is 91.8 Å². The Kier molecular flexibility index (Phi) is 6.53. The van der Waals surface area contributed by atoms with Crippen molar-refractivity contribution in [1.82, 2.24) is 9.88 Å². The van der Waals surface area contributed by atoms with E-state index in [2.05, 4.69) is 10.3 Å². The van der Waals surface area contributed by atoms with Crippen molar-refractivity contribution in [3.63, 3.8) is 0 Å². The van der Waals surface area contributed by atoms with Crippen LogP contribution in [0.3, 0.4) is 0 Å². The zero-order chi connectivity index (χ0) is 21.0. The number of halogens is 2. The van der Waals surface area contributed by atoms with Crippen LogP contribution in [0.5, 0.6) is 0 Å². The fraction of sp³-hybridized carbons (Fsp3) is 0.263. The first-order valence-electron chi connectivity index (χ1n) is 8.70. The van der Waals surface area contributed by atoms with Crippen LogP contribution in [0, 0.1) is 5.95 Å². The average molecular weight is 421 g/mol. The number of carbonyl (C=O) groups is 3. The lowest BCUT2D eigenvalue weighted by Gasteiger charge is -2.33. The number of morpholine rings is 1. The van der Waals surface area contributed by atoms with E-state index >= 15 is 0 Å². The molecule has 2 heterocycles. The highest BCUT2D eigenvalue weighted by Crippen LogP contribution is 2.29. The van der Waals surface area contributed by atoms with Gasteiger partial charge in [-0.25, -0.2) is 4.98 Å². The monoisotopic (exact) mass is 420 g/mol. The SMILES string of the molecule is CN1CCOCC1C(=O)N(C=O)c1ccc(NC(=O)c2cccc(F)n2)cc1Cl. The van der Waals surface area contributed by atoms with E-state index < -0.39 is 23.8 Å². The second-order valence-corrected chi connectivity index (χ2v) is 6.76. The van der Waals surface area contributed by atoms with Gasteiger partial charge in [-0.15, -0.1) is 0 Å². The van der Waals surface area contributed by atoms with Crippen LogP contribution in [0.4, 0.5) is 15.8 Å². The molecule has 1 aliphatic rings. The Morgan fingerprint density at radius 3 is 2.83 bits per heavy atom. The van der Waals surface area contributed by atoms with Gasteiger partial charge in [0.15, 0.2) is 0 Å². The number of hydrogen-bond donors (Lipinski definition) is 1. The molecule has 0 aliphatic carbocycles. The van der Waals surface area contributed by atoms with Gasteiger partial charge in [-0.2, -0.15) is 4.39 Å². The van der Waals surface area contributed by atoms with Gasteiger partial charge in [0.25, 0.3) is 11.8 Å². The number of nitrogens with one attached hydrogen (secondary N) is 1. The second-order valence-electron chi connectivity index (χ2n) is 6.35. The molecule has 29 heavy (non-hydrogen) atoms. The molecule has 1 aromatic carbocycles. The molecule has 10 heteroatoms. The number of benzene rings is 1. The van der Waals surface area contributed by atoms with Crippen LogP contribution in [-0.4, -0.2) is 61.0 Å². The average Bonchev–Trinajstić information content (AvgIpc) is 2.70. The van der Waals surface area contributed by atoms with E-state index in [4.69, 9.17) is 16.3 Å². The van der Waals surface area contributed by atoms with Gasteiger partial charge in [0.1, 0.15) is 11.7 Å². The summed E-state index contributed by atoms with van der Waals surface area (Å²) in [6.07, 6.45) is 0.390. The summed E-state index contributed by atoms with van der Waals surface area (Å²) in [5, 5.41) is 2.62. The molecule has 2 aromatic rings. The van der Waals surface area contributed by atoms with Crippen molar-refractivity contribution in [2.24, 2.45) is 0 Å². The van der Waals surface area contributed by atoms with E-state index in [0.717, 1.165) is 11.0 Å². The third-order valence-electron chi connectivity index (χ3n) is 4.44. The minimum atomic E-state index is -0.775. The maximum atomic E-state index is 13.2. The number of carbonyl (C=O) groups excluding carboxylic acids is 3. The number of likely N-dealkylation sites (N-methyl/N-ethyl adjacent to an activating group) is 1. The Morgan fingerprint density at radius 1 is 1.38 bits per heavy atom. The van der Waals surface area contributed by atoms with Crippen molar-refractivity contribution in [3.05, 3.63) is 53.1 Å². The van der Waals surface area contributed by atoms with Crippen LogP contribution in [0.2, 0.25) is 5.02 Å². The molecule has 3 rings (SSSR count). The summed E-state index contributed by atoms with van der Waals surface area (Å²) in [5.41, 5.74) is 0.369. The van der Waals surface area contributed by atoms with Crippen LogP contribution < -0.4 is 10.2 Å². The lowest BCUT2D eigenvalue weighted by atomic mass is 10.2. The molecule has 1 fully saturated rings. The summed E-state index contributed by atoms with van der Waals surface area (Å²) in [6, 6.07) is 7.55. The van der Waals surface area contributed by atoms with Crippen molar-refractivity contribution >= 4 is 41.2 Å². The maximum Gasteiger partial charge on any atom is 0.274 e. The maximum absolute atomic E-state index is 13.2. The van der Waals surface area contributed by atoms with E-state index in [1.54, 1.807) is 11.9 Å². The van der Waals surface area contributed by atoms with Crippen LogP contribution in [0.25, 0.3) is 0 Å². The summed E-state index contributed by atoms with van der Waals surface area (Å²) in [6.45, 7) is 1.25. The van der Waals surface area contributed by atoms with Crippen molar-refractivity contribution < 1.29 is 23.5 Å². The van der Waals surface area contributed by atoms with Crippen LogP contribution in [-0.2, 0) is 14.3 Å². The molecule has 1 atom stereocenters. The molecule has 1 N–H and O–H groups in total. The molecule has 8 nitrogen and oxygen atoms in total. The zero-order valence-electron chi connectivity index (χ0n) is 15.5. The van der Waals surface area contributed by atoms with Crippen LogP contribution >= 0.6 is 11.6 Å². The highest BCUT2D eigenvalue weighted by atomic mass is 35.5. The molecule has 0 radical (unpaired) electrons. The minimum Gasteiger partial charge on any atom is -0.378 e. The largest absolute Gasteiger partial charge is 0.378 e. The number of hydrogen-bond acceptors (Lipinski definition) is 6. The second kappa shape index (κ2) is 9.08. The van der Waals surface area contributed by atoms with Gasteiger partial charge in [0.05, 0.1) is 23.9 Å². The molecule has 152 valence electrons. The molecular weight excluding hydrogens is 403 g/mol. The third kappa shape index (κ3) is 4.76. The molecule has 1 unspecified atom stereocenters. The number of pyridine rings is 1. The highest BCUT2D eigenvalue weighted by Gasteiger charge is 2.32. The first kappa shape index (κ1) is 20.8. The van der Waals surface area contributed by atoms with Gasteiger partial charge in [-0.3, -0.25) is 24.2 Å². The van der Waals surface area contributed by atoms with Crippen LogP contribution in [0.1, 0.15) is 10.5 Å². The molecule has 0 spiro atoms. The number of nitrogens with zero attached hydrogens (tertiary/aromatic N) is 3.